The zero-order valence-corrected chi connectivity index (χ0v) is 22.1. The Hall–Kier alpha value is -3.27. The van der Waals surface area contributed by atoms with E-state index in [0.717, 1.165) is 0 Å². The number of Topliss-reactive ketones (excluding diaryl/α,β-unsaturated/α-hetero) is 1. The summed E-state index contributed by atoms with van der Waals surface area (Å²) in [6.07, 6.45) is -0.772. The number of hydrogen-bond acceptors (Lipinski definition) is 8. The summed E-state index contributed by atoms with van der Waals surface area (Å²) in [5.41, 5.74) is 0.282. The molecule has 0 bridgehead atoms. The predicted molar refractivity (Wildman–Crippen MR) is 134 cm³/mol. The van der Waals surface area contributed by atoms with Crippen molar-refractivity contribution < 1.29 is 23.9 Å². The average Bonchev–Trinajstić information content (AvgIpc) is 3.32. The molecule has 1 aromatic carbocycles. The van der Waals surface area contributed by atoms with Gasteiger partial charge < -0.3 is 14.4 Å². The molecule has 1 amide bonds. The number of rotatable bonds is 6. The minimum atomic E-state index is -0.688. The van der Waals surface area contributed by atoms with E-state index in [1.54, 1.807) is 53.0 Å². The molecule has 0 atom stereocenters. The Labute approximate surface area is 209 Å². The smallest absolute Gasteiger partial charge is 0.420 e. The molecule has 0 spiro atoms. The second-order valence-corrected chi connectivity index (χ2v) is 11.1. The van der Waals surface area contributed by atoms with E-state index in [2.05, 4.69) is 9.97 Å². The van der Waals surface area contributed by atoms with Gasteiger partial charge in [0.2, 0.25) is 0 Å². The Morgan fingerprint density at radius 3 is 2.26 bits per heavy atom. The van der Waals surface area contributed by atoms with Crippen LogP contribution in [0.15, 0.2) is 29.6 Å². The van der Waals surface area contributed by atoms with Gasteiger partial charge in [0, 0.05) is 25.3 Å². The lowest BCUT2D eigenvalue weighted by Crippen LogP contribution is -2.38. The zero-order valence-electron chi connectivity index (χ0n) is 21.2. The van der Waals surface area contributed by atoms with E-state index in [9.17, 15) is 14.4 Å². The molecule has 0 saturated carbocycles. The fraction of sp³-hybridized carbons (Fsp3) is 0.480. The van der Waals surface area contributed by atoms with Gasteiger partial charge in [-0.15, -0.1) is 11.3 Å². The van der Waals surface area contributed by atoms with E-state index in [0.29, 0.717) is 27.6 Å². The van der Waals surface area contributed by atoms with Gasteiger partial charge in [-0.05, 0) is 53.7 Å². The van der Waals surface area contributed by atoms with E-state index in [1.165, 1.54) is 27.7 Å². The van der Waals surface area contributed by atoms with Crippen molar-refractivity contribution in [3.63, 3.8) is 0 Å². The second-order valence-electron chi connectivity index (χ2n) is 10.2. The molecule has 0 aliphatic rings. The third kappa shape index (κ3) is 7.11. The fourth-order valence-corrected chi connectivity index (χ4v) is 4.11. The molecule has 2 heterocycles. The van der Waals surface area contributed by atoms with Crippen molar-refractivity contribution in [1.29, 1.82) is 0 Å². The summed E-state index contributed by atoms with van der Waals surface area (Å²) in [5, 5.41) is 2.29. The van der Waals surface area contributed by atoms with Crippen LogP contribution in [0.2, 0.25) is 0 Å². The standard InChI is InChI=1S/C25H32N4O5S/c1-16(30)18-15-35-21(27-18)14-28(22(31)33-24(2,3)4)13-12-20-26-17-10-8-9-11-19(17)29(20)23(32)34-25(5,6)7/h8-11,15H,12-14H2,1-7H3. The van der Waals surface area contributed by atoms with E-state index in [1.807, 2.05) is 18.2 Å². The zero-order chi connectivity index (χ0) is 26.0. The summed E-state index contributed by atoms with van der Waals surface area (Å²) >= 11 is 1.31. The maximum absolute atomic E-state index is 13.0. The predicted octanol–water partition coefficient (Wildman–Crippen LogP) is 5.46. The minimum Gasteiger partial charge on any atom is -0.444 e. The Bertz CT molecular complexity index is 1230. The third-order valence-electron chi connectivity index (χ3n) is 4.70. The van der Waals surface area contributed by atoms with Crippen molar-refractivity contribution in [2.24, 2.45) is 0 Å². The number of thiazole rings is 1. The molecule has 0 saturated heterocycles. The monoisotopic (exact) mass is 500 g/mol. The lowest BCUT2D eigenvalue weighted by Gasteiger charge is -2.27. The molecule has 188 valence electrons. The molecular formula is C25H32N4O5S. The number of imidazole rings is 1. The highest BCUT2D eigenvalue weighted by molar-refractivity contribution is 7.09. The Morgan fingerprint density at radius 1 is 1.00 bits per heavy atom. The molecule has 0 fully saturated rings. The number of carbonyl (C=O) groups is 3. The summed E-state index contributed by atoms with van der Waals surface area (Å²) in [7, 11) is 0. The first-order chi connectivity index (χ1) is 16.2. The topological polar surface area (TPSA) is 104 Å². The summed E-state index contributed by atoms with van der Waals surface area (Å²) in [6.45, 7) is 12.6. The van der Waals surface area contributed by atoms with Gasteiger partial charge in [0.05, 0.1) is 17.6 Å². The Balaban J connectivity index is 1.89. The third-order valence-corrected chi connectivity index (χ3v) is 5.54. The number of benzene rings is 1. The number of carbonyl (C=O) groups excluding carboxylic acids is 3. The van der Waals surface area contributed by atoms with Crippen molar-refractivity contribution >= 4 is 40.3 Å². The number of aromatic nitrogens is 3. The number of ketones is 1. The number of para-hydroxylation sites is 2. The van der Waals surface area contributed by atoms with Crippen LogP contribution in [0.25, 0.3) is 11.0 Å². The first kappa shape index (κ1) is 26.3. The van der Waals surface area contributed by atoms with Gasteiger partial charge in [0.15, 0.2) is 5.78 Å². The summed E-state index contributed by atoms with van der Waals surface area (Å²) < 4.78 is 12.7. The van der Waals surface area contributed by atoms with Crippen LogP contribution >= 0.6 is 11.3 Å². The van der Waals surface area contributed by atoms with Crippen molar-refractivity contribution in [2.45, 2.75) is 72.6 Å². The van der Waals surface area contributed by atoms with Crippen LogP contribution in [0.1, 0.15) is 69.8 Å². The lowest BCUT2D eigenvalue weighted by atomic mass is 10.2. The quantitative estimate of drug-likeness (QED) is 0.414. The number of ether oxygens (including phenoxy) is 2. The number of nitrogens with zero attached hydrogens (tertiary/aromatic N) is 4. The van der Waals surface area contributed by atoms with Crippen molar-refractivity contribution in [3.8, 4) is 0 Å². The highest BCUT2D eigenvalue weighted by Crippen LogP contribution is 2.21. The molecule has 10 heteroatoms. The van der Waals surface area contributed by atoms with Crippen molar-refractivity contribution in [1.82, 2.24) is 19.4 Å². The van der Waals surface area contributed by atoms with Gasteiger partial charge in [-0.25, -0.2) is 24.1 Å². The van der Waals surface area contributed by atoms with Crippen molar-refractivity contribution in [2.75, 3.05) is 6.54 Å². The van der Waals surface area contributed by atoms with Crippen LogP contribution in [0, 0.1) is 0 Å². The van der Waals surface area contributed by atoms with E-state index < -0.39 is 23.4 Å². The maximum Gasteiger partial charge on any atom is 0.420 e. The van der Waals surface area contributed by atoms with E-state index >= 15 is 0 Å². The molecular weight excluding hydrogens is 468 g/mol. The van der Waals surface area contributed by atoms with Crippen LogP contribution in [-0.4, -0.2) is 55.2 Å². The van der Waals surface area contributed by atoms with E-state index in [4.69, 9.17) is 9.47 Å². The molecule has 0 aliphatic heterocycles. The van der Waals surface area contributed by atoms with Crippen LogP contribution in [-0.2, 0) is 22.4 Å². The molecule has 0 unspecified atom stereocenters. The summed E-state index contributed by atoms with van der Waals surface area (Å²) in [6, 6.07) is 7.31. The summed E-state index contributed by atoms with van der Waals surface area (Å²) in [4.78, 5) is 48.1. The van der Waals surface area contributed by atoms with Crippen LogP contribution in [0.3, 0.4) is 0 Å². The first-order valence-electron chi connectivity index (χ1n) is 11.4. The molecule has 0 radical (unpaired) electrons. The normalized spacial score (nSPS) is 12.0. The molecule has 2 aromatic heterocycles. The molecule has 3 aromatic rings. The molecule has 35 heavy (non-hydrogen) atoms. The number of fused-ring (bicyclic) bond motifs is 1. The van der Waals surface area contributed by atoms with Gasteiger partial charge in [-0.3, -0.25) is 4.79 Å². The Morgan fingerprint density at radius 2 is 1.66 bits per heavy atom. The number of amides is 1. The van der Waals surface area contributed by atoms with Crippen LogP contribution < -0.4 is 0 Å². The van der Waals surface area contributed by atoms with E-state index in [-0.39, 0.29) is 25.3 Å². The molecule has 3 rings (SSSR count). The van der Waals surface area contributed by atoms with Crippen LogP contribution in [0.5, 0.6) is 0 Å². The average molecular weight is 501 g/mol. The maximum atomic E-state index is 13.0. The molecule has 9 nitrogen and oxygen atoms in total. The van der Waals surface area contributed by atoms with Gasteiger partial charge >= 0.3 is 12.2 Å². The Kier molecular flexibility index (Phi) is 7.64. The molecule has 0 N–H and O–H groups in total. The van der Waals surface area contributed by atoms with Gasteiger partial charge in [0.1, 0.15) is 27.7 Å². The second kappa shape index (κ2) is 10.2. The molecule has 0 aliphatic carbocycles. The SMILES string of the molecule is CC(=O)c1csc(CN(CCc2nc3ccccc3n2C(=O)OC(C)(C)C)C(=O)OC(C)(C)C)n1. The van der Waals surface area contributed by atoms with Crippen molar-refractivity contribution in [3.05, 3.63) is 46.2 Å². The highest BCUT2D eigenvalue weighted by atomic mass is 32.1. The van der Waals surface area contributed by atoms with Gasteiger partial charge in [-0.2, -0.15) is 0 Å². The van der Waals surface area contributed by atoms with Gasteiger partial charge in [-0.1, -0.05) is 12.1 Å². The fourth-order valence-electron chi connectivity index (χ4n) is 3.26. The summed E-state index contributed by atoms with van der Waals surface area (Å²) in [5.74, 6) is 0.333. The largest absolute Gasteiger partial charge is 0.444 e. The first-order valence-corrected chi connectivity index (χ1v) is 12.2. The lowest BCUT2D eigenvalue weighted by molar-refractivity contribution is 0.0234. The minimum absolute atomic E-state index is 0.137. The van der Waals surface area contributed by atoms with Gasteiger partial charge in [0.25, 0.3) is 0 Å². The van der Waals surface area contributed by atoms with Crippen LogP contribution in [0.4, 0.5) is 9.59 Å². The number of hydrogen-bond donors (Lipinski definition) is 0. The highest BCUT2D eigenvalue weighted by Gasteiger charge is 2.26.